The van der Waals surface area contributed by atoms with Crippen molar-refractivity contribution in [2.45, 2.75) is 51.3 Å². The summed E-state index contributed by atoms with van der Waals surface area (Å²) >= 11 is 6.24. The zero-order valence-electron chi connectivity index (χ0n) is 16.1. The molecule has 2 aliphatic rings. The average Bonchev–Trinajstić information content (AvgIpc) is 2.88. The smallest absolute Gasteiger partial charge is 0.409 e. The van der Waals surface area contributed by atoms with Gasteiger partial charge in [0.1, 0.15) is 5.60 Å². The molecule has 2 heterocycles. The number of pyridine rings is 1. The highest BCUT2D eigenvalue weighted by Gasteiger charge is 2.58. The van der Waals surface area contributed by atoms with Crippen LogP contribution in [0.3, 0.4) is 0 Å². The van der Waals surface area contributed by atoms with E-state index in [1.807, 2.05) is 24.3 Å². The Morgan fingerprint density at radius 1 is 1.19 bits per heavy atom. The number of piperidine rings is 1. The Kier molecular flexibility index (Phi) is 7.85. The number of amides is 1. The van der Waals surface area contributed by atoms with Crippen molar-refractivity contribution >= 4 is 26.2 Å². The Morgan fingerprint density at radius 3 is 2.52 bits per heavy atom. The first-order valence-corrected chi connectivity index (χ1v) is 10.8. The lowest BCUT2D eigenvalue weighted by molar-refractivity contribution is 0.000533. The van der Waals surface area contributed by atoms with Crippen LogP contribution in [0.1, 0.15) is 50.1 Å². The number of rotatable bonds is 2. The van der Waals surface area contributed by atoms with Crippen LogP contribution in [0.2, 0.25) is 5.02 Å². The molecule has 31 heavy (non-hydrogen) atoms. The monoisotopic (exact) mass is 464 g/mol. The van der Waals surface area contributed by atoms with Crippen molar-refractivity contribution in [3.8, 4) is 0 Å². The third kappa shape index (κ3) is 3.97. The van der Waals surface area contributed by atoms with Gasteiger partial charge in [-0.3, -0.25) is 9.55 Å². The zero-order chi connectivity index (χ0) is 20.6. The predicted octanol–water partition coefficient (Wildman–Crippen LogP) is 5.23. The van der Waals surface area contributed by atoms with Crippen molar-refractivity contribution in [2.24, 2.45) is 0 Å². The largest absolute Gasteiger partial charge is 0.453 e. The Balaban J connectivity index is 0.00000171. The summed E-state index contributed by atoms with van der Waals surface area (Å²) in [4.78, 5) is 18.1. The first-order chi connectivity index (χ1) is 13.9. The number of aryl methyl sites for hydroxylation is 2. The van der Waals surface area contributed by atoms with Crippen molar-refractivity contribution in [1.29, 1.82) is 0 Å². The van der Waals surface area contributed by atoms with Crippen LogP contribution in [-0.4, -0.2) is 46.4 Å². The van der Waals surface area contributed by atoms with Crippen molar-refractivity contribution in [1.82, 2.24) is 9.88 Å². The van der Waals surface area contributed by atoms with Crippen LogP contribution in [0.4, 0.5) is 4.79 Å². The normalized spacial score (nSPS) is 21.6. The molecule has 1 atom stereocenters. The summed E-state index contributed by atoms with van der Waals surface area (Å²) in [5.74, 6) is 0. The second-order valence-electron chi connectivity index (χ2n) is 7.60. The molecule has 0 spiro atoms. The number of halogens is 1. The van der Waals surface area contributed by atoms with E-state index in [2.05, 4.69) is 4.98 Å². The van der Waals surface area contributed by atoms with Gasteiger partial charge in [-0.05, 0) is 60.6 Å². The molecule has 1 fully saturated rings. The molecule has 4 rings (SSSR count). The molecule has 8 heteroatoms. The molecule has 1 saturated heterocycles. The topological polar surface area (TPSA) is 79.7 Å². The van der Waals surface area contributed by atoms with E-state index >= 15 is 0 Å². The summed E-state index contributed by atoms with van der Waals surface area (Å²) < 4.78 is 17.5. The summed E-state index contributed by atoms with van der Waals surface area (Å²) in [6.07, 6.45) is 3.35. The number of carbonyl (C=O) groups excluding carboxylic acids is 1. The molecule has 1 aromatic heterocycles. The fourth-order valence-electron chi connectivity index (χ4n) is 4.66. The first-order valence-electron chi connectivity index (χ1n) is 9.58. The number of likely N-dealkylation sites (tertiary alicyclic amines) is 1. The Labute approximate surface area is 190 Å². The second-order valence-corrected chi connectivity index (χ2v) is 9.08. The molecule has 6 nitrogen and oxygen atoms in total. The number of carbonyl (C=O) groups is 1. The van der Waals surface area contributed by atoms with Crippen LogP contribution < -0.4 is 0 Å². The van der Waals surface area contributed by atoms with Gasteiger partial charge >= 0.3 is 6.09 Å². The van der Waals surface area contributed by atoms with Gasteiger partial charge in [0.15, 0.2) is 8.46 Å². The second kappa shape index (κ2) is 9.64. The van der Waals surface area contributed by atoms with E-state index in [4.69, 9.17) is 16.3 Å². The van der Waals surface area contributed by atoms with Crippen molar-refractivity contribution in [3.05, 3.63) is 63.9 Å². The maximum absolute atomic E-state index is 12.7. The number of benzene rings is 1. The lowest BCUT2D eigenvalue weighted by Crippen LogP contribution is -2.56. The zero-order valence-corrected chi connectivity index (χ0v) is 17.7. The molecule has 2 aromatic rings. The molecule has 1 unspecified atom stereocenters. The highest BCUT2D eigenvalue weighted by atomic mass is 35.5. The number of aromatic nitrogens is 1. The number of hydrogen-bond donors (Lipinski definition) is 1. The Morgan fingerprint density at radius 2 is 1.87 bits per heavy atom. The predicted molar refractivity (Wildman–Crippen MR) is 123 cm³/mol. The van der Waals surface area contributed by atoms with Gasteiger partial charge in [-0.25, -0.2) is 4.79 Å². The summed E-state index contributed by atoms with van der Waals surface area (Å²) in [5.41, 5.74) is 1.52. The minimum atomic E-state index is -1.56. The number of ether oxygens (including phenoxy) is 1. The minimum Gasteiger partial charge on any atom is -0.453 e. The first kappa shape index (κ1) is 25.3. The molecule has 168 valence electrons. The molecule has 1 amide bonds. The highest BCUT2D eigenvalue weighted by Crippen LogP contribution is 2.54. The van der Waals surface area contributed by atoms with Crippen LogP contribution in [-0.2, 0) is 27.7 Å². The third-order valence-corrected chi connectivity index (χ3v) is 7.58. The van der Waals surface area contributed by atoms with E-state index in [0.717, 1.165) is 11.1 Å². The minimum absolute atomic E-state index is 0. The van der Waals surface area contributed by atoms with Crippen LogP contribution in [0.5, 0.6) is 0 Å². The molecular weight excluding hydrogens is 435 g/mol. The summed E-state index contributed by atoms with van der Waals surface area (Å²) in [5, 5.41) is 11.9. The summed E-state index contributed by atoms with van der Waals surface area (Å²) in [6.45, 7) is 0.685. The standard InChI is InChI=1S/C21H22ClN2O4P.2CH4/c1-28-19(25)24-11-8-20(29-27,9-12-24)21(26)17-7-6-16(22)13-15(17)5-4-14-3-2-10-23-18(14)21;;/h2-3,6-7,10,13,26H,4-5,8-9,11-12H2,1H3;2*1H4. The van der Waals surface area contributed by atoms with E-state index in [1.54, 1.807) is 17.2 Å². The van der Waals surface area contributed by atoms with Crippen LogP contribution in [0.15, 0.2) is 36.5 Å². The number of nitrogens with zero attached hydrogens (tertiary/aromatic N) is 2. The van der Waals surface area contributed by atoms with E-state index in [0.29, 0.717) is 55.1 Å². The molecule has 0 bridgehead atoms. The Hall–Kier alpha value is -2.01. The molecule has 1 N–H and O–H groups in total. The van der Waals surface area contributed by atoms with Crippen molar-refractivity contribution in [2.75, 3.05) is 20.2 Å². The quantitative estimate of drug-likeness (QED) is 0.615. The van der Waals surface area contributed by atoms with E-state index < -0.39 is 16.9 Å². The number of hydrogen-bond acceptors (Lipinski definition) is 5. The molecule has 1 aliphatic carbocycles. The van der Waals surface area contributed by atoms with E-state index in [-0.39, 0.29) is 23.3 Å². The lowest BCUT2D eigenvalue weighted by atomic mass is 9.71. The van der Waals surface area contributed by atoms with Crippen LogP contribution >= 0.6 is 20.1 Å². The number of aliphatic hydroxyl groups is 1. The highest BCUT2D eigenvalue weighted by molar-refractivity contribution is 7.26. The maximum Gasteiger partial charge on any atom is 0.409 e. The molecule has 1 aliphatic heterocycles. The van der Waals surface area contributed by atoms with Crippen molar-refractivity contribution in [3.63, 3.8) is 0 Å². The average molecular weight is 465 g/mol. The van der Waals surface area contributed by atoms with E-state index in [1.165, 1.54) is 7.11 Å². The van der Waals surface area contributed by atoms with Gasteiger partial charge in [-0.2, -0.15) is 0 Å². The van der Waals surface area contributed by atoms with Gasteiger partial charge in [0, 0.05) is 24.3 Å². The summed E-state index contributed by atoms with van der Waals surface area (Å²) in [6, 6.07) is 9.25. The third-order valence-electron chi connectivity index (χ3n) is 6.23. The fourth-order valence-corrected chi connectivity index (χ4v) is 5.60. The lowest BCUT2D eigenvalue weighted by Gasteiger charge is -2.47. The van der Waals surface area contributed by atoms with Gasteiger partial charge in [0.25, 0.3) is 0 Å². The van der Waals surface area contributed by atoms with Gasteiger partial charge in [-0.15, -0.1) is 0 Å². The molecule has 0 saturated carbocycles. The maximum atomic E-state index is 12.7. The van der Waals surface area contributed by atoms with Crippen LogP contribution in [0.25, 0.3) is 0 Å². The number of fused-ring (bicyclic) bond motifs is 2. The van der Waals surface area contributed by atoms with Gasteiger partial charge in [0.2, 0.25) is 0 Å². The molecular formula is C23H30ClN2O4P. The van der Waals surface area contributed by atoms with Gasteiger partial charge < -0.3 is 14.7 Å². The molecule has 0 radical (unpaired) electrons. The van der Waals surface area contributed by atoms with Gasteiger partial charge in [0.05, 0.1) is 18.0 Å². The summed E-state index contributed by atoms with van der Waals surface area (Å²) in [7, 11) is 1.16. The molecule has 1 aromatic carbocycles. The van der Waals surface area contributed by atoms with Gasteiger partial charge in [-0.1, -0.05) is 38.6 Å². The van der Waals surface area contributed by atoms with E-state index in [9.17, 15) is 14.5 Å². The number of methoxy groups -OCH3 is 1. The van der Waals surface area contributed by atoms with Crippen LogP contribution in [0, 0.1) is 0 Å². The SMILES string of the molecule is C.C.COC(=O)N1CCC(P=O)(C2(O)c3ccc(Cl)cc3CCc3cccnc32)CC1. The van der Waals surface area contributed by atoms with Crippen molar-refractivity contribution < 1.29 is 19.2 Å². The fraction of sp³-hybridized carbons (Fsp3) is 0.478. The Bertz CT molecular complexity index is 962.